The monoisotopic (exact) mass is 470 g/mol. The fraction of sp³-hybridized carbons (Fsp3) is 0.120. The minimum absolute atomic E-state index is 0.258. The number of carbonyl (C=O) groups is 2. The smallest absolute Gasteiger partial charge is 0.262 e. The van der Waals surface area contributed by atoms with Gasteiger partial charge >= 0.3 is 0 Å². The second kappa shape index (κ2) is 9.72. The molecule has 8 nitrogen and oxygen atoms in total. The summed E-state index contributed by atoms with van der Waals surface area (Å²) in [6.07, 6.45) is 7.46. The molecule has 9 heteroatoms. The molecule has 0 saturated carbocycles. The van der Waals surface area contributed by atoms with E-state index in [0.717, 1.165) is 22.0 Å². The van der Waals surface area contributed by atoms with Gasteiger partial charge in [0.25, 0.3) is 5.91 Å². The van der Waals surface area contributed by atoms with Gasteiger partial charge in [0.1, 0.15) is 6.04 Å². The maximum Gasteiger partial charge on any atom is 0.262 e. The van der Waals surface area contributed by atoms with Crippen molar-refractivity contribution in [3.63, 3.8) is 0 Å². The van der Waals surface area contributed by atoms with Gasteiger partial charge in [-0.05, 0) is 40.8 Å². The van der Waals surface area contributed by atoms with Crippen LogP contribution in [0, 0.1) is 0 Å². The van der Waals surface area contributed by atoms with E-state index in [9.17, 15) is 9.59 Å². The van der Waals surface area contributed by atoms with Crippen LogP contribution in [0.5, 0.6) is 0 Å². The van der Waals surface area contributed by atoms with E-state index in [2.05, 4.69) is 25.7 Å². The summed E-state index contributed by atoms with van der Waals surface area (Å²) < 4.78 is 1.67. The lowest BCUT2D eigenvalue weighted by molar-refractivity contribution is -0.123. The number of carbonyl (C=O) groups excluding carboxylic acids is 2. The Balaban J connectivity index is 1.30. The number of para-hydroxylation sites is 1. The van der Waals surface area contributed by atoms with Crippen molar-refractivity contribution in [2.75, 3.05) is 0 Å². The van der Waals surface area contributed by atoms with E-state index in [0.29, 0.717) is 23.7 Å². The molecule has 0 aliphatic carbocycles. The number of rotatable bonds is 8. The van der Waals surface area contributed by atoms with E-state index in [1.165, 1.54) is 11.3 Å². The molecule has 0 aliphatic heterocycles. The van der Waals surface area contributed by atoms with Gasteiger partial charge in [-0.1, -0.05) is 30.3 Å². The summed E-state index contributed by atoms with van der Waals surface area (Å²) >= 11 is 1.34. The van der Waals surface area contributed by atoms with Crippen LogP contribution in [0.25, 0.3) is 16.7 Å². The number of fused-ring (bicyclic) bond motifs is 1. The molecule has 4 heterocycles. The van der Waals surface area contributed by atoms with Crippen molar-refractivity contribution in [1.29, 1.82) is 0 Å². The van der Waals surface area contributed by atoms with Crippen LogP contribution < -0.4 is 10.6 Å². The highest BCUT2D eigenvalue weighted by atomic mass is 32.1. The Labute approximate surface area is 199 Å². The summed E-state index contributed by atoms with van der Waals surface area (Å²) in [5, 5.41) is 12.9. The van der Waals surface area contributed by atoms with Crippen LogP contribution in [-0.4, -0.2) is 37.6 Å². The van der Waals surface area contributed by atoms with Crippen molar-refractivity contribution in [2.24, 2.45) is 0 Å². The Morgan fingerprint density at radius 2 is 2.00 bits per heavy atom. The summed E-state index contributed by atoms with van der Waals surface area (Å²) in [6, 6.07) is 16.3. The SMILES string of the molecule is O=C(NC(Cc1c[nH]c2ccccc12)C(=O)NCc1ccc(-n2cccn2)nc1)c1cccs1. The van der Waals surface area contributed by atoms with Gasteiger partial charge in [0.2, 0.25) is 5.91 Å². The third-order valence-corrected chi connectivity index (χ3v) is 6.35. The van der Waals surface area contributed by atoms with Crippen LogP contribution in [0.15, 0.2) is 84.8 Å². The number of aromatic amines is 1. The molecule has 0 spiro atoms. The van der Waals surface area contributed by atoms with Gasteiger partial charge in [0.05, 0.1) is 4.88 Å². The topological polar surface area (TPSA) is 105 Å². The second-order valence-corrected chi connectivity index (χ2v) is 8.71. The van der Waals surface area contributed by atoms with Crippen molar-refractivity contribution < 1.29 is 9.59 Å². The lowest BCUT2D eigenvalue weighted by atomic mass is 10.0. The number of aromatic nitrogens is 4. The maximum atomic E-state index is 13.2. The number of H-pyrrole nitrogens is 1. The molecule has 0 saturated heterocycles. The van der Waals surface area contributed by atoms with Gasteiger partial charge in [0.15, 0.2) is 5.82 Å². The summed E-state index contributed by atoms with van der Waals surface area (Å²) in [7, 11) is 0. The predicted octanol–water partition coefficient (Wildman–Crippen LogP) is 3.47. The first-order valence-electron chi connectivity index (χ1n) is 10.8. The van der Waals surface area contributed by atoms with E-state index in [-0.39, 0.29) is 11.8 Å². The summed E-state index contributed by atoms with van der Waals surface area (Å²) in [4.78, 5) is 34.1. The molecule has 0 radical (unpaired) electrons. The first-order valence-corrected chi connectivity index (χ1v) is 11.7. The summed E-state index contributed by atoms with van der Waals surface area (Å²) in [5.74, 6) is 0.173. The second-order valence-electron chi connectivity index (χ2n) is 7.76. The molecule has 5 aromatic rings. The van der Waals surface area contributed by atoms with Crippen molar-refractivity contribution in [3.05, 3.63) is 101 Å². The molecular weight excluding hydrogens is 448 g/mol. The highest BCUT2D eigenvalue weighted by Crippen LogP contribution is 2.19. The van der Waals surface area contributed by atoms with E-state index in [1.54, 1.807) is 23.1 Å². The molecule has 3 N–H and O–H groups in total. The fourth-order valence-corrected chi connectivity index (χ4v) is 4.37. The standard InChI is InChI=1S/C25H22N6O2S/c32-24(28-15-17-8-9-23(27-14-17)31-11-4-10-29-31)21(30-25(33)22-7-3-12-34-22)13-18-16-26-20-6-2-1-5-19(18)20/h1-12,14,16,21,26H,13,15H2,(H,28,32)(H,30,33). The number of nitrogens with one attached hydrogen (secondary N) is 3. The average molecular weight is 471 g/mol. The normalized spacial score (nSPS) is 11.9. The van der Waals surface area contributed by atoms with Gasteiger partial charge in [-0.25, -0.2) is 9.67 Å². The number of thiophene rings is 1. The molecule has 5 rings (SSSR count). The highest BCUT2D eigenvalue weighted by molar-refractivity contribution is 7.12. The minimum atomic E-state index is -0.731. The number of nitrogens with zero attached hydrogens (tertiary/aromatic N) is 3. The third-order valence-electron chi connectivity index (χ3n) is 5.48. The summed E-state index contributed by atoms with van der Waals surface area (Å²) in [6.45, 7) is 0.296. The number of hydrogen-bond donors (Lipinski definition) is 3. The average Bonchev–Trinajstić information content (AvgIpc) is 3.65. The first kappa shape index (κ1) is 21.6. The van der Waals surface area contributed by atoms with Gasteiger partial charge in [-0.3, -0.25) is 9.59 Å². The van der Waals surface area contributed by atoms with Crippen LogP contribution in [0.1, 0.15) is 20.8 Å². The van der Waals surface area contributed by atoms with Gasteiger partial charge in [0, 0.05) is 48.7 Å². The molecule has 34 heavy (non-hydrogen) atoms. The fourth-order valence-electron chi connectivity index (χ4n) is 3.74. The molecule has 2 amide bonds. The van der Waals surface area contributed by atoms with Crippen molar-refractivity contribution >= 4 is 34.1 Å². The van der Waals surface area contributed by atoms with E-state index in [1.807, 2.05) is 66.3 Å². The molecule has 170 valence electrons. The molecule has 1 aromatic carbocycles. The minimum Gasteiger partial charge on any atom is -0.361 e. The molecule has 4 aromatic heterocycles. The zero-order valence-electron chi connectivity index (χ0n) is 18.1. The number of hydrogen-bond acceptors (Lipinski definition) is 5. The summed E-state index contributed by atoms with van der Waals surface area (Å²) in [5.41, 5.74) is 2.80. The largest absolute Gasteiger partial charge is 0.361 e. The molecule has 1 unspecified atom stereocenters. The van der Waals surface area contributed by atoms with Crippen molar-refractivity contribution in [1.82, 2.24) is 30.4 Å². The van der Waals surface area contributed by atoms with E-state index >= 15 is 0 Å². The van der Waals surface area contributed by atoms with Crippen LogP contribution in [0.4, 0.5) is 0 Å². The van der Waals surface area contributed by atoms with Crippen molar-refractivity contribution in [3.8, 4) is 5.82 Å². The predicted molar refractivity (Wildman–Crippen MR) is 131 cm³/mol. The van der Waals surface area contributed by atoms with Gasteiger partial charge in [-0.15, -0.1) is 11.3 Å². The van der Waals surface area contributed by atoms with Gasteiger partial charge in [-0.2, -0.15) is 5.10 Å². The quantitative estimate of drug-likeness (QED) is 0.323. The maximum absolute atomic E-state index is 13.2. The van der Waals surface area contributed by atoms with Gasteiger partial charge < -0.3 is 15.6 Å². The number of amides is 2. The lowest BCUT2D eigenvalue weighted by Gasteiger charge is -2.18. The Bertz CT molecular complexity index is 1390. The number of benzene rings is 1. The first-order chi connectivity index (χ1) is 16.7. The Kier molecular flexibility index (Phi) is 6.17. The van der Waals surface area contributed by atoms with E-state index < -0.39 is 6.04 Å². The van der Waals surface area contributed by atoms with Crippen LogP contribution in [0.2, 0.25) is 0 Å². The third kappa shape index (κ3) is 4.74. The van der Waals surface area contributed by atoms with Crippen LogP contribution in [0.3, 0.4) is 0 Å². The molecule has 0 bridgehead atoms. The Hall–Kier alpha value is -4.24. The van der Waals surface area contributed by atoms with Crippen LogP contribution in [-0.2, 0) is 17.8 Å². The van der Waals surface area contributed by atoms with E-state index in [4.69, 9.17) is 0 Å². The Morgan fingerprint density at radius 1 is 1.09 bits per heavy atom. The van der Waals surface area contributed by atoms with Crippen LogP contribution >= 0.6 is 11.3 Å². The molecule has 0 fully saturated rings. The Morgan fingerprint density at radius 3 is 2.76 bits per heavy atom. The zero-order valence-corrected chi connectivity index (χ0v) is 19.0. The number of pyridine rings is 1. The van der Waals surface area contributed by atoms with Crippen molar-refractivity contribution in [2.45, 2.75) is 19.0 Å². The highest BCUT2D eigenvalue weighted by Gasteiger charge is 2.23. The molecule has 0 aliphatic rings. The lowest BCUT2D eigenvalue weighted by Crippen LogP contribution is -2.47. The molecule has 1 atom stereocenters. The molecular formula is C25H22N6O2S. The zero-order chi connectivity index (χ0) is 23.3.